The van der Waals surface area contributed by atoms with Crippen LogP contribution in [0.5, 0.6) is 17.2 Å². The van der Waals surface area contributed by atoms with E-state index in [1.165, 1.54) is 11.3 Å². The fraction of sp³-hybridized carbons (Fsp3) is 0.227. The average molecular weight is 439 g/mol. The smallest absolute Gasteiger partial charge is 0.266 e. The highest BCUT2D eigenvalue weighted by atomic mass is 32.1. The Kier molecular flexibility index (Phi) is 5.77. The predicted octanol–water partition coefficient (Wildman–Crippen LogP) is 4.21. The van der Waals surface area contributed by atoms with Crippen molar-refractivity contribution in [2.75, 3.05) is 19.5 Å². The van der Waals surface area contributed by atoms with Crippen molar-refractivity contribution in [3.05, 3.63) is 54.2 Å². The summed E-state index contributed by atoms with van der Waals surface area (Å²) in [6, 6.07) is 14.6. The third kappa shape index (κ3) is 4.46. The fourth-order valence-electron chi connectivity index (χ4n) is 2.98. The van der Waals surface area contributed by atoms with Gasteiger partial charge in [0.25, 0.3) is 5.91 Å². The van der Waals surface area contributed by atoms with Crippen LogP contribution in [0, 0.1) is 6.92 Å². The molecule has 1 N–H and O–H groups in total. The van der Waals surface area contributed by atoms with Crippen LogP contribution in [0.15, 0.2) is 48.5 Å². The number of amides is 1. The number of benzene rings is 2. The van der Waals surface area contributed by atoms with Crippen LogP contribution in [0.4, 0.5) is 5.82 Å². The van der Waals surface area contributed by atoms with Crippen LogP contribution >= 0.6 is 11.3 Å². The van der Waals surface area contributed by atoms with E-state index in [0.29, 0.717) is 16.7 Å². The van der Waals surface area contributed by atoms with Crippen molar-refractivity contribution in [3.63, 3.8) is 0 Å². The highest BCUT2D eigenvalue weighted by Gasteiger charge is 2.19. The van der Waals surface area contributed by atoms with Gasteiger partial charge in [0.05, 0.1) is 30.1 Å². The number of fused-ring (bicyclic) bond motifs is 1. The monoisotopic (exact) mass is 438 g/mol. The van der Waals surface area contributed by atoms with Crippen LogP contribution < -0.4 is 19.5 Å². The Labute approximate surface area is 183 Å². The van der Waals surface area contributed by atoms with Crippen molar-refractivity contribution in [1.29, 1.82) is 0 Å². The van der Waals surface area contributed by atoms with Gasteiger partial charge in [-0.1, -0.05) is 11.3 Å². The number of carbonyl (C=O) groups is 1. The maximum Gasteiger partial charge on any atom is 0.266 e. The number of aryl methyl sites for hydroxylation is 1. The molecular weight excluding hydrogens is 416 g/mol. The van der Waals surface area contributed by atoms with Gasteiger partial charge < -0.3 is 19.5 Å². The largest absolute Gasteiger partial charge is 0.497 e. The maximum atomic E-state index is 12.8. The van der Waals surface area contributed by atoms with Gasteiger partial charge in [0.15, 0.2) is 6.10 Å². The van der Waals surface area contributed by atoms with Crippen LogP contribution in [0.25, 0.3) is 15.3 Å². The average Bonchev–Trinajstić information content (AvgIpc) is 3.36. The molecule has 4 rings (SSSR count). The number of methoxy groups -OCH3 is 2. The molecule has 2 aromatic carbocycles. The van der Waals surface area contributed by atoms with Gasteiger partial charge in [-0.2, -0.15) is 9.78 Å². The summed E-state index contributed by atoms with van der Waals surface area (Å²) in [7, 11) is 3.22. The molecule has 2 aromatic heterocycles. The number of thiazole rings is 1. The lowest BCUT2D eigenvalue weighted by Crippen LogP contribution is -2.30. The molecule has 160 valence electrons. The Morgan fingerprint density at radius 2 is 1.71 bits per heavy atom. The Bertz CT molecular complexity index is 1220. The van der Waals surface area contributed by atoms with Gasteiger partial charge in [0.1, 0.15) is 23.1 Å². The molecule has 0 aliphatic rings. The third-order valence-corrected chi connectivity index (χ3v) is 5.58. The minimum absolute atomic E-state index is 0.292. The number of anilines is 1. The van der Waals surface area contributed by atoms with Gasteiger partial charge in [-0.05, 0) is 56.3 Å². The van der Waals surface area contributed by atoms with E-state index < -0.39 is 6.10 Å². The maximum absolute atomic E-state index is 12.8. The Morgan fingerprint density at radius 1 is 1.03 bits per heavy atom. The lowest BCUT2D eigenvalue weighted by Gasteiger charge is -2.15. The third-order valence-electron chi connectivity index (χ3n) is 4.59. The van der Waals surface area contributed by atoms with Crippen LogP contribution in [0.3, 0.4) is 0 Å². The van der Waals surface area contributed by atoms with E-state index in [0.717, 1.165) is 27.4 Å². The summed E-state index contributed by atoms with van der Waals surface area (Å²) in [5.74, 6) is 2.29. The number of hydrogen-bond acceptors (Lipinski definition) is 7. The molecule has 1 atom stereocenters. The van der Waals surface area contributed by atoms with E-state index in [9.17, 15) is 4.79 Å². The van der Waals surface area contributed by atoms with Gasteiger partial charge in [0.2, 0.25) is 5.13 Å². The molecule has 1 amide bonds. The highest BCUT2D eigenvalue weighted by molar-refractivity contribution is 7.20. The van der Waals surface area contributed by atoms with E-state index in [4.69, 9.17) is 14.2 Å². The molecule has 1 unspecified atom stereocenters. The second kappa shape index (κ2) is 8.65. The second-order valence-corrected chi connectivity index (χ2v) is 7.85. The first kappa shape index (κ1) is 20.7. The van der Waals surface area contributed by atoms with Crippen molar-refractivity contribution < 1.29 is 19.0 Å². The van der Waals surface area contributed by atoms with Gasteiger partial charge in [0, 0.05) is 6.07 Å². The van der Waals surface area contributed by atoms with Crippen molar-refractivity contribution >= 4 is 33.3 Å². The molecule has 8 nitrogen and oxygen atoms in total. The highest BCUT2D eigenvalue weighted by Crippen LogP contribution is 2.30. The lowest BCUT2D eigenvalue weighted by atomic mass is 10.3. The molecule has 31 heavy (non-hydrogen) atoms. The normalized spacial score (nSPS) is 11.9. The molecule has 9 heteroatoms. The molecule has 2 heterocycles. The molecule has 0 radical (unpaired) electrons. The zero-order chi connectivity index (χ0) is 22.0. The van der Waals surface area contributed by atoms with Gasteiger partial charge >= 0.3 is 0 Å². The number of rotatable bonds is 7. The summed E-state index contributed by atoms with van der Waals surface area (Å²) in [6.07, 6.45) is -0.711. The van der Waals surface area contributed by atoms with Crippen LogP contribution in [-0.4, -0.2) is 41.0 Å². The molecule has 0 aliphatic heterocycles. The van der Waals surface area contributed by atoms with Crippen molar-refractivity contribution in [1.82, 2.24) is 14.8 Å². The molecule has 0 saturated heterocycles. The van der Waals surface area contributed by atoms with E-state index in [2.05, 4.69) is 15.4 Å². The number of ether oxygens (including phenoxy) is 3. The zero-order valence-corrected chi connectivity index (χ0v) is 18.4. The Morgan fingerprint density at radius 3 is 2.42 bits per heavy atom. The van der Waals surface area contributed by atoms with Crippen LogP contribution in [-0.2, 0) is 4.79 Å². The van der Waals surface area contributed by atoms with E-state index in [1.54, 1.807) is 56.2 Å². The molecule has 4 aromatic rings. The van der Waals surface area contributed by atoms with Crippen molar-refractivity contribution in [2.24, 2.45) is 0 Å². The quantitative estimate of drug-likeness (QED) is 0.465. The van der Waals surface area contributed by atoms with E-state index in [-0.39, 0.29) is 5.91 Å². The molecule has 0 spiro atoms. The number of nitrogens with zero attached hydrogens (tertiary/aromatic N) is 3. The number of carbonyl (C=O) groups excluding carboxylic acids is 1. The minimum Gasteiger partial charge on any atom is -0.497 e. The summed E-state index contributed by atoms with van der Waals surface area (Å²) in [5.41, 5.74) is 1.60. The first-order valence-corrected chi connectivity index (χ1v) is 10.4. The molecular formula is C22H22N4O4S. The molecule has 0 saturated carbocycles. The number of nitrogens with one attached hydrogen (secondary N) is 1. The van der Waals surface area contributed by atoms with E-state index >= 15 is 0 Å². The summed E-state index contributed by atoms with van der Waals surface area (Å²) in [6.45, 7) is 3.55. The number of aromatic nitrogens is 3. The molecule has 0 aliphatic carbocycles. The van der Waals surface area contributed by atoms with Crippen molar-refractivity contribution in [3.8, 4) is 22.4 Å². The summed E-state index contributed by atoms with van der Waals surface area (Å²) >= 11 is 1.46. The first-order chi connectivity index (χ1) is 15.0. The summed E-state index contributed by atoms with van der Waals surface area (Å²) in [4.78, 5) is 17.4. The minimum atomic E-state index is -0.711. The van der Waals surface area contributed by atoms with Crippen LogP contribution in [0.1, 0.15) is 12.6 Å². The topological polar surface area (TPSA) is 87.5 Å². The Hall–Kier alpha value is -3.59. The summed E-state index contributed by atoms with van der Waals surface area (Å²) < 4.78 is 18.8. The standard InChI is InChI=1S/C22H22N4O4S/c1-13-11-20(24-21(27)14(2)30-16-7-5-15(28-3)6-8-16)26(25-13)22-23-18-10-9-17(29-4)12-19(18)31-22/h5-12,14H,1-4H3,(H,24,27). The zero-order valence-electron chi connectivity index (χ0n) is 17.6. The Balaban J connectivity index is 1.53. The van der Waals surface area contributed by atoms with Gasteiger partial charge in [-0.15, -0.1) is 0 Å². The molecule has 0 bridgehead atoms. The fourth-order valence-corrected chi connectivity index (χ4v) is 3.94. The van der Waals surface area contributed by atoms with Crippen LogP contribution in [0.2, 0.25) is 0 Å². The van der Waals surface area contributed by atoms with Gasteiger partial charge in [-0.3, -0.25) is 4.79 Å². The second-order valence-electron chi connectivity index (χ2n) is 6.84. The first-order valence-electron chi connectivity index (χ1n) is 9.60. The number of hydrogen-bond donors (Lipinski definition) is 1. The summed E-state index contributed by atoms with van der Waals surface area (Å²) in [5, 5.41) is 8.04. The molecule has 0 fully saturated rings. The van der Waals surface area contributed by atoms with E-state index in [1.807, 2.05) is 25.1 Å². The lowest BCUT2D eigenvalue weighted by molar-refractivity contribution is -0.122. The SMILES string of the molecule is COc1ccc(OC(C)C(=O)Nc2cc(C)nn2-c2nc3ccc(OC)cc3s2)cc1. The van der Waals surface area contributed by atoms with Gasteiger partial charge in [-0.25, -0.2) is 4.98 Å². The predicted molar refractivity (Wildman–Crippen MR) is 120 cm³/mol. The van der Waals surface area contributed by atoms with Crippen molar-refractivity contribution in [2.45, 2.75) is 20.0 Å².